The number of benzene rings is 2. The monoisotopic (exact) mass is 483 g/mol. The van der Waals surface area contributed by atoms with E-state index in [2.05, 4.69) is 25.8 Å². The molecule has 2 aromatic carbocycles. The Balaban J connectivity index is 1.86. The van der Waals surface area contributed by atoms with Crippen LogP contribution in [-0.2, 0) is 0 Å². The van der Waals surface area contributed by atoms with Gasteiger partial charge in [0.2, 0.25) is 0 Å². The zero-order valence-electron chi connectivity index (χ0n) is 15.3. The summed E-state index contributed by atoms with van der Waals surface area (Å²) in [5.74, 6) is -0.549. The number of rotatable bonds is 5. The molecular formula is C19H13Cl4N5O2. The molecule has 3 rings (SSSR count). The molecule has 154 valence electrons. The fourth-order valence-electron chi connectivity index (χ4n) is 2.47. The van der Waals surface area contributed by atoms with Gasteiger partial charge in [-0.2, -0.15) is 10.1 Å². The number of hydrogen-bond acceptors (Lipinski definition) is 5. The second kappa shape index (κ2) is 9.49. The number of hydrogen-bond donors (Lipinski definition) is 3. The van der Waals surface area contributed by atoms with Crippen LogP contribution in [-0.4, -0.2) is 22.1 Å². The summed E-state index contributed by atoms with van der Waals surface area (Å²) < 4.78 is 0. The summed E-state index contributed by atoms with van der Waals surface area (Å²) in [6, 6.07) is 9.59. The van der Waals surface area contributed by atoms with Gasteiger partial charge >= 0.3 is 5.69 Å². The lowest BCUT2D eigenvalue weighted by atomic mass is 10.2. The van der Waals surface area contributed by atoms with Gasteiger partial charge in [0.05, 0.1) is 26.3 Å². The summed E-state index contributed by atoms with van der Waals surface area (Å²) in [6.07, 6.45) is 1.45. The Hall–Kier alpha value is -2.58. The molecule has 0 bridgehead atoms. The van der Waals surface area contributed by atoms with Crippen molar-refractivity contribution in [2.45, 2.75) is 6.92 Å². The number of aromatic amines is 1. The number of amides is 1. The predicted molar refractivity (Wildman–Crippen MR) is 122 cm³/mol. The number of nitrogens with one attached hydrogen (secondary N) is 3. The van der Waals surface area contributed by atoms with Gasteiger partial charge in [-0.25, -0.2) is 4.79 Å². The van der Waals surface area contributed by atoms with E-state index in [1.807, 2.05) is 0 Å². The first kappa shape index (κ1) is 22.1. The minimum Gasteiger partial charge on any atom is -0.322 e. The SMILES string of the molecule is Cc1[nH]c(=O)nc(N/N=C/c2ccc(Cl)c(Cl)c2)c1C(=O)Nc1ccc(Cl)c(Cl)c1. The molecule has 0 atom stereocenters. The van der Waals surface area contributed by atoms with Crippen molar-refractivity contribution in [3.05, 3.63) is 83.8 Å². The Morgan fingerprint density at radius 3 is 2.37 bits per heavy atom. The second-order valence-electron chi connectivity index (χ2n) is 6.02. The standard InChI is InChI=1S/C19H13Cl4N5O2/c1-9-16(18(29)26-11-3-5-13(21)15(23)7-11)17(27-19(30)25-9)28-24-8-10-2-4-12(20)14(22)6-10/h2-8H,1H3,(H,26,29)(H2,25,27,28,30)/b24-8+. The van der Waals surface area contributed by atoms with Crippen LogP contribution in [0.2, 0.25) is 20.1 Å². The summed E-state index contributed by atoms with van der Waals surface area (Å²) in [5.41, 5.74) is 3.47. The highest BCUT2D eigenvalue weighted by atomic mass is 35.5. The molecule has 0 aliphatic heterocycles. The van der Waals surface area contributed by atoms with E-state index < -0.39 is 11.6 Å². The van der Waals surface area contributed by atoms with Crippen molar-refractivity contribution >= 4 is 70.0 Å². The third-order valence-corrected chi connectivity index (χ3v) is 5.33. The van der Waals surface area contributed by atoms with E-state index in [1.165, 1.54) is 12.3 Å². The minimum absolute atomic E-state index is 0.0230. The quantitative estimate of drug-likeness (QED) is 0.334. The second-order valence-corrected chi connectivity index (χ2v) is 7.65. The maximum atomic E-state index is 12.8. The number of carbonyl (C=O) groups is 1. The number of halogens is 4. The van der Waals surface area contributed by atoms with Gasteiger partial charge in [-0.1, -0.05) is 52.5 Å². The van der Waals surface area contributed by atoms with Crippen LogP contribution in [0.4, 0.5) is 11.5 Å². The number of carbonyl (C=O) groups excluding carboxylic acids is 1. The summed E-state index contributed by atoms with van der Waals surface area (Å²) >= 11 is 23.7. The number of hydrazone groups is 1. The van der Waals surface area contributed by atoms with Crippen molar-refractivity contribution in [2.24, 2.45) is 5.10 Å². The third kappa shape index (κ3) is 5.31. The van der Waals surface area contributed by atoms with Crippen LogP contribution in [0.5, 0.6) is 0 Å². The Labute approximate surface area is 191 Å². The Kier molecular flexibility index (Phi) is 6.99. The number of nitrogens with zero attached hydrogens (tertiary/aromatic N) is 2. The first-order valence-electron chi connectivity index (χ1n) is 8.36. The van der Waals surface area contributed by atoms with E-state index in [0.717, 1.165) is 0 Å². The molecular weight excluding hydrogens is 472 g/mol. The van der Waals surface area contributed by atoms with Crippen molar-refractivity contribution in [3.8, 4) is 0 Å². The molecule has 30 heavy (non-hydrogen) atoms. The van der Waals surface area contributed by atoms with Gasteiger partial charge in [0.25, 0.3) is 5.91 Å². The molecule has 11 heteroatoms. The molecule has 0 aliphatic rings. The predicted octanol–water partition coefficient (Wildman–Crippen LogP) is 5.39. The van der Waals surface area contributed by atoms with Gasteiger partial charge in [-0.15, -0.1) is 0 Å². The van der Waals surface area contributed by atoms with E-state index in [9.17, 15) is 9.59 Å². The molecule has 0 fully saturated rings. The maximum Gasteiger partial charge on any atom is 0.347 e. The molecule has 3 aromatic rings. The fraction of sp³-hybridized carbons (Fsp3) is 0.0526. The van der Waals surface area contributed by atoms with Crippen molar-refractivity contribution in [1.29, 1.82) is 0 Å². The smallest absolute Gasteiger partial charge is 0.322 e. The molecule has 0 radical (unpaired) electrons. The van der Waals surface area contributed by atoms with E-state index >= 15 is 0 Å². The summed E-state index contributed by atoms with van der Waals surface area (Å²) in [7, 11) is 0. The molecule has 1 aromatic heterocycles. The van der Waals surface area contributed by atoms with Crippen LogP contribution in [0.15, 0.2) is 46.3 Å². The average molecular weight is 485 g/mol. The van der Waals surface area contributed by atoms with Crippen molar-refractivity contribution in [3.63, 3.8) is 0 Å². The molecule has 1 amide bonds. The normalized spacial score (nSPS) is 11.0. The minimum atomic E-state index is -0.633. The average Bonchev–Trinajstić information content (AvgIpc) is 2.67. The highest BCUT2D eigenvalue weighted by Crippen LogP contribution is 2.26. The third-order valence-electron chi connectivity index (χ3n) is 3.85. The molecule has 0 saturated carbocycles. The van der Waals surface area contributed by atoms with Gasteiger partial charge in [-0.3, -0.25) is 10.2 Å². The lowest BCUT2D eigenvalue weighted by Gasteiger charge is -2.11. The zero-order valence-corrected chi connectivity index (χ0v) is 18.3. The van der Waals surface area contributed by atoms with Crippen molar-refractivity contribution in [1.82, 2.24) is 9.97 Å². The Bertz CT molecular complexity index is 1210. The van der Waals surface area contributed by atoms with Gasteiger partial charge in [0, 0.05) is 11.4 Å². The lowest BCUT2D eigenvalue weighted by molar-refractivity contribution is 0.102. The van der Waals surface area contributed by atoms with Gasteiger partial charge < -0.3 is 10.3 Å². The van der Waals surface area contributed by atoms with E-state index in [-0.39, 0.29) is 16.4 Å². The van der Waals surface area contributed by atoms with Crippen molar-refractivity contribution in [2.75, 3.05) is 10.7 Å². The maximum absolute atomic E-state index is 12.8. The van der Waals surface area contributed by atoms with Crippen LogP contribution >= 0.6 is 46.4 Å². The summed E-state index contributed by atoms with van der Waals surface area (Å²) in [6.45, 7) is 1.57. The first-order chi connectivity index (χ1) is 14.2. The van der Waals surface area contributed by atoms with Crippen molar-refractivity contribution < 1.29 is 4.79 Å². The van der Waals surface area contributed by atoms with Crippen LogP contribution in [0.3, 0.4) is 0 Å². The molecule has 0 saturated heterocycles. The molecule has 7 nitrogen and oxygen atoms in total. The fourth-order valence-corrected chi connectivity index (χ4v) is 3.08. The molecule has 0 unspecified atom stereocenters. The molecule has 0 spiro atoms. The van der Waals surface area contributed by atoms with Gasteiger partial charge in [0.15, 0.2) is 5.82 Å². The highest BCUT2D eigenvalue weighted by Gasteiger charge is 2.18. The number of H-pyrrole nitrogens is 1. The Morgan fingerprint density at radius 1 is 1.03 bits per heavy atom. The van der Waals surface area contributed by atoms with Gasteiger partial charge in [0.1, 0.15) is 5.56 Å². The lowest BCUT2D eigenvalue weighted by Crippen LogP contribution is -2.23. The number of aryl methyl sites for hydroxylation is 1. The van der Waals surface area contributed by atoms with Crippen LogP contribution < -0.4 is 16.4 Å². The van der Waals surface area contributed by atoms with Crippen LogP contribution in [0.1, 0.15) is 21.6 Å². The first-order valence-corrected chi connectivity index (χ1v) is 9.87. The van der Waals surface area contributed by atoms with Gasteiger partial charge in [-0.05, 0) is 42.8 Å². The molecule has 3 N–H and O–H groups in total. The summed E-state index contributed by atoms with van der Waals surface area (Å²) in [4.78, 5) is 30.9. The van der Waals surface area contributed by atoms with E-state index in [1.54, 1.807) is 37.3 Å². The number of aromatic nitrogens is 2. The number of anilines is 2. The highest BCUT2D eigenvalue weighted by molar-refractivity contribution is 6.42. The van der Waals surface area contributed by atoms with E-state index in [0.29, 0.717) is 32.0 Å². The molecule has 0 aliphatic carbocycles. The zero-order chi connectivity index (χ0) is 21.8. The molecule has 1 heterocycles. The topological polar surface area (TPSA) is 99.2 Å². The van der Waals surface area contributed by atoms with Crippen LogP contribution in [0.25, 0.3) is 0 Å². The van der Waals surface area contributed by atoms with Crippen LogP contribution in [0, 0.1) is 6.92 Å². The summed E-state index contributed by atoms with van der Waals surface area (Å²) in [5, 5.41) is 8.14. The Morgan fingerprint density at radius 2 is 1.70 bits per heavy atom. The van der Waals surface area contributed by atoms with E-state index in [4.69, 9.17) is 46.4 Å². The largest absolute Gasteiger partial charge is 0.347 e.